The predicted octanol–water partition coefficient (Wildman–Crippen LogP) is 4.22. The zero-order valence-corrected chi connectivity index (χ0v) is 18.7. The molecule has 0 fully saturated rings. The van der Waals surface area contributed by atoms with Gasteiger partial charge in [-0.1, -0.05) is 30.7 Å². The first-order chi connectivity index (χ1) is 15.4. The average Bonchev–Trinajstić information content (AvgIpc) is 3.22. The number of nitrogens with one attached hydrogen (secondary N) is 1. The summed E-state index contributed by atoms with van der Waals surface area (Å²) in [6, 6.07) is 15.5. The van der Waals surface area contributed by atoms with E-state index in [4.69, 9.17) is 4.74 Å². The van der Waals surface area contributed by atoms with Crippen molar-refractivity contribution in [3.8, 4) is 22.7 Å². The van der Waals surface area contributed by atoms with Crippen LogP contribution in [0.1, 0.15) is 18.9 Å². The van der Waals surface area contributed by atoms with E-state index in [2.05, 4.69) is 16.9 Å². The molecule has 3 aromatic rings. The number of rotatable bonds is 9. The summed E-state index contributed by atoms with van der Waals surface area (Å²) in [6.07, 6.45) is 3.80. The van der Waals surface area contributed by atoms with Crippen molar-refractivity contribution in [3.63, 3.8) is 0 Å². The fourth-order valence-electron chi connectivity index (χ4n) is 3.24. The number of carbonyl (C=O) groups is 2. The number of anilines is 1. The van der Waals surface area contributed by atoms with Crippen molar-refractivity contribution >= 4 is 17.8 Å². The van der Waals surface area contributed by atoms with Crippen LogP contribution in [0.4, 0.5) is 5.95 Å². The number of benzene rings is 2. The molecule has 0 bridgehead atoms. The van der Waals surface area contributed by atoms with E-state index in [0.717, 1.165) is 22.6 Å². The molecule has 2 aromatic carbocycles. The summed E-state index contributed by atoms with van der Waals surface area (Å²) in [5, 5.41) is 2.86. The topological polar surface area (TPSA) is 76.5 Å². The number of carbonyl (C=O) groups excluding carboxylic acids is 2. The second-order valence-corrected chi connectivity index (χ2v) is 7.35. The van der Waals surface area contributed by atoms with E-state index < -0.39 is 0 Å². The maximum absolute atomic E-state index is 12.8. The normalized spacial score (nSPS) is 10.5. The molecule has 7 heteroatoms. The van der Waals surface area contributed by atoms with Gasteiger partial charge in [0.05, 0.1) is 12.8 Å². The van der Waals surface area contributed by atoms with Crippen LogP contribution in [-0.2, 0) is 9.59 Å². The summed E-state index contributed by atoms with van der Waals surface area (Å²) in [5.74, 6) is 0.699. The average molecular weight is 433 g/mol. The van der Waals surface area contributed by atoms with Crippen molar-refractivity contribution in [2.24, 2.45) is 0 Å². The second kappa shape index (κ2) is 10.4. The van der Waals surface area contributed by atoms with Crippen molar-refractivity contribution in [1.82, 2.24) is 14.5 Å². The van der Waals surface area contributed by atoms with Gasteiger partial charge in [-0.25, -0.2) is 4.98 Å². The number of hydrogen-bond acceptors (Lipinski definition) is 4. The first-order valence-electron chi connectivity index (χ1n) is 10.4. The molecule has 0 saturated carbocycles. The Balaban J connectivity index is 1.92. The summed E-state index contributed by atoms with van der Waals surface area (Å²) in [7, 11) is 1.62. The number of nitrogens with zero attached hydrogens (tertiary/aromatic N) is 3. The number of aryl methyl sites for hydroxylation is 1. The summed E-state index contributed by atoms with van der Waals surface area (Å²) in [4.78, 5) is 31.0. The van der Waals surface area contributed by atoms with Crippen LogP contribution in [-0.4, -0.2) is 46.5 Å². The highest BCUT2D eigenvalue weighted by Gasteiger charge is 2.18. The molecule has 0 atom stereocenters. The molecule has 0 saturated heterocycles. The van der Waals surface area contributed by atoms with Crippen LogP contribution >= 0.6 is 0 Å². The van der Waals surface area contributed by atoms with E-state index >= 15 is 0 Å². The van der Waals surface area contributed by atoms with Crippen LogP contribution in [0.3, 0.4) is 0 Å². The Morgan fingerprint density at radius 1 is 1.16 bits per heavy atom. The number of methoxy groups -OCH3 is 1. The van der Waals surface area contributed by atoms with Gasteiger partial charge >= 0.3 is 0 Å². The van der Waals surface area contributed by atoms with Crippen LogP contribution in [0, 0.1) is 6.92 Å². The van der Waals surface area contributed by atoms with Gasteiger partial charge in [-0.2, -0.15) is 0 Å². The van der Waals surface area contributed by atoms with Gasteiger partial charge in [0.1, 0.15) is 12.3 Å². The Bertz CT molecular complexity index is 1090. The molecule has 0 unspecified atom stereocenters. The molecule has 1 N–H and O–H groups in total. The van der Waals surface area contributed by atoms with E-state index in [1.807, 2.05) is 66.2 Å². The van der Waals surface area contributed by atoms with Crippen LogP contribution in [0.15, 0.2) is 67.4 Å². The van der Waals surface area contributed by atoms with Gasteiger partial charge in [-0.15, -0.1) is 6.58 Å². The van der Waals surface area contributed by atoms with Gasteiger partial charge in [0.2, 0.25) is 17.8 Å². The number of hydrogen-bond donors (Lipinski definition) is 1. The molecule has 0 aliphatic carbocycles. The quantitative estimate of drug-likeness (QED) is 0.514. The highest BCUT2D eigenvalue weighted by Crippen LogP contribution is 2.26. The number of imidazole rings is 1. The number of aromatic nitrogens is 2. The summed E-state index contributed by atoms with van der Waals surface area (Å²) < 4.78 is 7.06. The second-order valence-electron chi connectivity index (χ2n) is 7.35. The largest absolute Gasteiger partial charge is 0.497 e. The van der Waals surface area contributed by atoms with Crippen molar-refractivity contribution in [1.29, 1.82) is 0 Å². The summed E-state index contributed by atoms with van der Waals surface area (Å²) >= 11 is 0. The minimum atomic E-state index is -0.325. The van der Waals surface area contributed by atoms with Crippen molar-refractivity contribution < 1.29 is 14.3 Å². The van der Waals surface area contributed by atoms with Gasteiger partial charge in [0, 0.05) is 30.4 Å². The van der Waals surface area contributed by atoms with Crippen LogP contribution in [0.2, 0.25) is 0 Å². The van der Waals surface area contributed by atoms with Gasteiger partial charge < -0.3 is 9.64 Å². The molecule has 32 heavy (non-hydrogen) atoms. The Hall–Kier alpha value is -3.87. The maximum atomic E-state index is 12.8. The smallest absolute Gasteiger partial charge is 0.246 e. The van der Waals surface area contributed by atoms with Crippen molar-refractivity contribution in [2.45, 2.75) is 20.3 Å². The zero-order valence-electron chi connectivity index (χ0n) is 18.7. The Morgan fingerprint density at radius 2 is 1.84 bits per heavy atom. The predicted molar refractivity (Wildman–Crippen MR) is 126 cm³/mol. The molecule has 7 nitrogen and oxygen atoms in total. The number of ether oxygens (including phenoxy) is 1. The highest BCUT2D eigenvalue weighted by molar-refractivity contribution is 5.94. The third kappa shape index (κ3) is 5.43. The van der Waals surface area contributed by atoms with Gasteiger partial charge in [0.15, 0.2) is 0 Å². The first-order valence-corrected chi connectivity index (χ1v) is 10.4. The fraction of sp³-hybridized carbons (Fsp3) is 0.240. The highest BCUT2D eigenvalue weighted by atomic mass is 16.5. The third-order valence-corrected chi connectivity index (χ3v) is 4.99. The molecule has 166 valence electrons. The lowest BCUT2D eigenvalue weighted by Gasteiger charge is -2.19. The first kappa shape index (κ1) is 22.8. The molecule has 1 heterocycles. The SMILES string of the molecule is C=CCN(CC(=O)Nc1nc(-c2ccc(OC)cc2)cn1-c1ccc(C)cc1)C(=O)CC. The lowest BCUT2D eigenvalue weighted by Crippen LogP contribution is -2.38. The van der Waals surface area contributed by atoms with Crippen LogP contribution in [0.25, 0.3) is 16.9 Å². The van der Waals surface area contributed by atoms with Crippen LogP contribution in [0.5, 0.6) is 5.75 Å². The number of amides is 2. The molecule has 1 aromatic heterocycles. The van der Waals surface area contributed by atoms with E-state index in [0.29, 0.717) is 24.6 Å². The molecule has 0 aliphatic heterocycles. The summed E-state index contributed by atoms with van der Waals surface area (Å²) in [5.41, 5.74) is 3.59. The standard InChI is InChI=1S/C25H28N4O3/c1-5-15-28(24(31)6-2)17-23(30)27-25-26-22(19-9-13-21(32-4)14-10-19)16-29(25)20-11-7-18(3)8-12-20/h5,7-14,16H,1,6,15,17H2,2-4H3,(H,26,27,30). The van der Waals surface area contributed by atoms with E-state index in [1.54, 1.807) is 20.1 Å². The van der Waals surface area contributed by atoms with Gasteiger partial charge in [-0.3, -0.25) is 19.5 Å². The van der Waals surface area contributed by atoms with Crippen molar-refractivity contribution in [2.75, 3.05) is 25.5 Å². The van der Waals surface area contributed by atoms with Gasteiger partial charge in [0.25, 0.3) is 0 Å². The lowest BCUT2D eigenvalue weighted by molar-refractivity contribution is -0.133. The Kier molecular flexibility index (Phi) is 7.44. The monoisotopic (exact) mass is 432 g/mol. The lowest BCUT2D eigenvalue weighted by atomic mass is 10.1. The Labute approximate surface area is 188 Å². The molecule has 0 aliphatic rings. The molecule has 0 radical (unpaired) electrons. The van der Waals surface area contributed by atoms with E-state index in [1.165, 1.54) is 4.90 Å². The van der Waals surface area contributed by atoms with E-state index in [-0.39, 0.29) is 18.4 Å². The van der Waals surface area contributed by atoms with Gasteiger partial charge in [-0.05, 0) is 43.3 Å². The zero-order chi connectivity index (χ0) is 23.1. The molecular formula is C25H28N4O3. The maximum Gasteiger partial charge on any atom is 0.246 e. The minimum absolute atomic E-state index is 0.0721. The molecule has 3 rings (SSSR count). The summed E-state index contributed by atoms with van der Waals surface area (Å²) in [6.45, 7) is 7.69. The third-order valence-electron chi connectivity index (χ3n) is 4.99. The molecule has 2 amide bonds. The fourth-order valence-corrected chi connectivity index (χ4v) is 3.24. The molecule has 0 spiro atoms. The Morgan fingerprint density at radius 3 is 2.44 bits per heavy atom. The molecular weight excluding hydrogens is 404 g/mol. The van der Waals surface area contributed by atoms with Crippen LogP contribution < -0.4 is 10.1 Å². The van der Waals surface area contributed by atoms with E-state index in [9.17, 15) is 9.59 Å². The minimum Gasteiger partial charge on any atom is -0.497 e. The van der Waals surface area contributed by atoms with Crippen molar-refractivity contribution in [3.05, 3.63) is 72.9 Å².